The number of rotatable bonds is 11. The van der Waals surface area contributed by atoms with Crippen LogP contribution in [0, 0.1) is 11.8 Å². The Bertz CT molecular complexity index is 1440. The fourth-order valence-corrected chi connectivity index (χ4v) is 5.20. The first-order valence-corrected chi connectivity index (χ1v) is 14.2. The van der Waals surface area contributed by atoms with Gasteiger partial charge in [0, 0.05) is 49.9 Å². The van der Waals surface area contributed by atoms with Crippen molar-refractivity contribution in [2.45, 2.75) is 27.7 Å². The number of hydrogen-bond acceptors (Lipinski definition) is 5. The van der Waals surface area contributed by atoms with Crippen LogP contribution < -0.4 is 10.1 Å². The van der Waals surface area contributed by atoms with E-state index >= 15 is 0 Å². The molecular weight excluding hydrogens is 516 g/mol. The van der Waals surface area contributed by atoms with Crippen LogP contribution in [0.25, 0.3) is 17.0 Å². The number of carbonyl (C=O) groups excluding carboxylic acids is 2. The second kappa shape index (κ2) is 12.5. The van der Waals surface area contributed by atoms with Crippen LogP contribution in [0.1, 0.15) is 43.6 Å². The molecule has 1 N–H and O–H groups in total. The Hall–Kier alpha value is -3.63. The van der Waals surface area contributed by atoms with Crippen molar-refractivity contribution in [2.75, 3.05) is 34.3 Å². The topological polar surface area (TPSA) is 101 Å². The van der Waals surface area contributed by atoms with Gasteiger partial charge < -0.3 is 15.0 Å². The molecular formula is C29H38N4O5S. The van der Waals surface area contributed by atoms with E-state index in [0.717, 1.165) is 4.31 Å². The molecule has 9 nitrogen and oxygen atoms in total. The van der Waals surface area contributed by atoms with Crippen molar-refractivity contribution in [2.24, 2.45) is 11.8 Å². The van der Waals surface area contributed by atoms with Gasteiger partial charge in [0.05, 0.1) is 12.6 Å². The van der Waals surface area contributed by atoms with E-state index < -0.39 is 16.1 Å². The highest BCUT2D eigenvalue weighted by molar-refractivity contribution is 7.87. The lowest BCUT2D eigenvalue weighted by atomic mass is 10.1. The molecule has 0 radical (unpaired) electrons. The van der Waals surface area contributed by atoms with Crippen molar-refractivity contribution >= 4 is 39.0 Å². The standard InChI is InChI=1S/C29H38N4O5S/c1-20(2)17-32(18-21(3)4)29(35)26(30-28(34)22-12-14-24(38-7)15-13-22)16-23-19-33(39(36,37)31(5)6)27-11-9-8-10-25(23)27/h8-16,19-21H,17-18H2,1-7H3,(H,30,34)/b26-16-. The molecule has 2 amide bonds. The summed E-state index contributed by atoms with van der Waals surface area (Å²) in [5.74, 6) is 0.215. The molecule has 3 aromatic rings. The van der Waals surface area contributed by atoms with Crippen molar-refractivity contribution in [3.8, 4) is 5.75 Å². The molecule has 0 atom stereocenters. The number of ether oxygens (including phenoxy) is 1. The highest BCUT2D eigenvalue weighted by Gasteiger charge is 2.25. The minimum atomic E-state index is -3.83. The van der Waals surface area contributed by atoms with Crippen molar-refractivity contribution in [1.82, 2.24) is 18.5 Å². The lowest BCUT2D eigenvalue weighted by Crippen LogP contribution is -2.42. The highest BCUT2D eigenvalue weighted by Crippen LogP contribution is 2.26. The molecule has 3 rings (SSSR count). The van der Waals surface area contributed by atoms with Crippen LogP contribution in [0.2, 0.25) is 0 Å². The van der Waals surface area contributed by atoms with Gasteiger partial charge in [-0.15, -0.1) is 0 Å². The molecule has 0 aliphatic heterocycles. The highest BCUT2D eigenvalue weighted by atomic mass is 32.2. The molecule has 0 unspecified atom stereocenters. The quantitative estimate of drug-likeness (QED) is 0.358. The number of carbonyl (C=O) groups is 2. The van der Waals surface area contributed by atoms with Gasteiger partial charge in [-0.3, -0.25) is 9.59 Å². The zero-order valence-corrected chi connectivity index (χ0v) is 24.5. The Balaban J connectivity index is 2.16. The predicted octanol–water partition coefficient (Wildman–Crippen LogP) is 4.22. The maximum Gasteiger partial charge on any atom is 0.307 e. The van der Waals surface area contributed by atoms with Crippen LogP contribution in [-0.2, 0) is 15.0 Å². The summed E-state index contributed by atoms with van der Waals surface area (Å²) >= 11 is 0. The Morgan fingerprint density at radius 2 is 1.56 bits per heavy atom. The monoisotopic (exact) mass is 554 g/mol. The molecule has 0 saturated carbocycles. The van der Waals surface area contributed by atoms with E-state index in [1.54, 1.807) is 66.6 Å². The van der Waals surface area contributed by atoms with Crippen molar-refractivity contribution in [3.05, 3.63) is 71.6 Å². The van der Waals surface area contributed by atoms with Gasteiger partial charge in [0.25, 0.3) is 11.8 Å². The largest absolute Gasteiger partial charge is 0.497 e. The number of nitrogens with zero attached hydrogens (tertiary/aromatic N) is 3. The first-order valence-electron chi connectivity index (χ1n) is 12.8. The number of hydrogen-bond donors (Lipinski definition) is 1. The first-order chi connectivity index (χ1) is 18.3. The van der Waals surface area contributed by atoms with Gasteiger partial charge in [0.2, 0.25) is 0 Å². The number of aromatic nitrogens is 1. The summed E-state index contributed by atoms with van der Waals surface area (Å²) in [6.07, 6.45) is 3.03. The van der Waals surface area contributed by atoms with Crippen LogP contribution >= 0.6 is 0 Å². The molecule has 0 bridgehead atoms. The molecule has 0 aliphatic carbocycles. The Labute approximate surface area is 231 Å². The van der Waals surface area contributed by atoms with Gasteiger partial charge >= 0.3 is 10.2 Å². The molecule has 210 valence electrons. The van der Waals surface area contributed by atoms with E-state index in [2.05, 4.69) is 5.32 Å². The van der Waals surface area contributed by atoms with Gasteiger partial charge in [0.15, 0.2) is 0 Å². The Kier molecular flexibility index (Phi) is 9.58. The SMILES string of the molecule is COc1ccc(C(=O)N/C(=C\c2cn(S(=O)(=O)N(C)C)c3ccccc23)C(=O)N(CC(C)C)CC(C)C)cc1. The zero-order chi connectivity index (χ0) is 28.9. The van der Waals surface area contributed by atoms with Gasteiger partial charge in [-0.05, 0) is 48.2 Å². The fraction of sp³-hybridized carbons (Fsp3) is 0.379. The van der Waals surface area contributed by atoms with E-state index in [4.69, 9.17) is 4.74 Å². The molecule has 1 heterocycles. The summed E-state index contributed by atoms with van der Waals surface area (Å²) in [6.45, 7) is 9.12. The first kappa shape index (κ1) is 29.9. The molecule has 10 heteroatoms. The average molecular weight is 555 g/mol. The minimum absolute atomic E-state index is 0.0577. The third kappa shape index (κ3) is 7.07. The van der Waals surface area contributed by atoms with E-state index in [0.29, 0.717) is 40.9 Å². The van der Waals surface area contributed by atoms with Crippen LogP contribution in [0.5, 0.6) is 5.75 Å². The number of para-hydroxylation sites is 1. The van der Waals surface area contributed by atoms with Crippen molar-refractivity contribution in [3.63, 3.8) is 0 Å². The summed E-state index contributed by atoms with van der Waals surface area (Å²) < 4.78 is 33.6. The minimum Gasteiger partial charge on any atom is -0.497 e. The smallest absolute Gasteiger partial charge is 0.307 e. The molecule has 0 fully saturated rings. The Morgan fingerprint density at radius 1 is 0.974 bits per heavy atom. The third-order valence-electron chi connectivity index (χ3n) is 6.01. The lowest BCUT2D eigenvalue weighted by molar-refractivity contribution is -0.128. The van der Waals surface area contributed by atoms with Crippen LogP contribution in [0.3, 0.4) is 0 Å². The summed E-state index contributed by atoms with van der Waals surface area (Å²) in [6, 6.07) is 13.6. The number of benzene rings is 2. The van der Waals surface area contributed by atoms with Crippen molar-refractivity contribution < 1.29 is 22.7 Å². The molecule has 0 aliphatic rings. The molecule has 1 aromatic heterocycles. The number of fused-ring (bicyclic) bond motifs is 1. The van der Waals surface area contributed by atoms with Crippen LogP contribution in [0.15, 0.2) is 60.4 Å². The second-order valence-electron chi connectivity index (χ2n) is 10.4. The maximum atomic E-state index is 13.9. The van der Waals surface area contributed by atoms with Crippen molar-refractivity contribution in [1.29, 1.82) is 0 Å². The van der Waals surface area contributed by atoms with E-state index in [1.807, 2.05) is 27.7 Å². The van der Waals surface area contributed by atoms with Gasteiger partial charge in [-0.2, -0.15) is 12.7 Å². The van der Waals surface area contributed by atoms with Crippen LogP contribution in [-0.4, -0.2) is 67.7 Å². The molecule has 39 heavy (non-hydrogen) atoms. The normalized spacial score (nSPS) is 12.4. The number of nitrogens with one attached hydrogen (secondary N) is 1. The van der Waals surface area contributed by atoms with Gasteiger partial charge in [-0.25, -0.2) is 3.97 Å². The fourth-order valence-electron chi connectivity index (χ4n) is 4.19. The van der Waals surface area contributed by atoms with E-state index in [-0.39, 0.29) is 23.4 Å². The van der Waals surface area contributed by atoms with Gasteiger partial charge in [0.1, 0.15) is 11.4 Å². The predicted molar refractivity (Wildman–Crippen MR) is 155 cm³/mol. The summed E-state index contributed by atoms with van der Waals surface area (Å²) in [5.41, 5.74) is 1.36. The average Bonchev–Trinajstić information content (AvgIpc) is 3.26. The lowest BCUT2D eigenvalue weighted by Gasteiger charge is -2.27. The summed E-state index contributed by atoms with van der Waals surface area (Å²) in [7, 11) is 0.623. The van der Waals surface area contributed by atoms with Gasteiger partial charge in [-0.1, -0.05) is 45.9 Å². The van der Waals surface area contributed by atoms with Crippen LogP contribution in [0.4, 0.5) is 0 Å². The summed E-state index contributed by atoms with van der Waals surface area (Å²) in [4.78, 5) is 28.9. The van der Waals surface area contributed by atoms with E-state index in [1.165, 1.54) is 24.3 Å². The number of amides is 2. The third-order valence-corrected chi connectivity index (χ3v) is 7.73. The zero-order valence-electron chi connectivity index (χ0n) is 23.6. The van der Waals surface area contributed by atoms with E-state index in [9.17, 15) is 18.0 Å². The molecule has 2 aromatic carbocycles. The summed E-state index contributed by atoms with van der Waals surface area (Å²) in [5, 5.41) is 3.43. The second-order valence-corrected chi connectivity index (χ2v) is 12.4. The number of methoxy groups -OCH3 is 1. The molecule has 0 spiro atoms. The Morgan fingerprint density at radius 3 is 2.10 bits per heavy atom. The molecule has 0 saturated heterocycles. The maximum absolute atomic E-state index is 13.9.